The van der Waals surface area contributed by atoms with Crippen LogP contribution in [0, 0.1) is 0 Å². The molecule has 4 heteroatoms. The third-order valence-corrected chi connectivity index (χ3v) is 4.03. The van der Waals surface area contributed by atoms with Crippen molar-refractivity contribution in [2.45, 2.75) is 38.0 Å². The second kappa shape index (κ2) is 5.87. The van der Waals surface area contributed by atoms with Crippen molar-refractivity contribution in [3.63, 3.8) is 0 Å². The average molecular weight is 242 g/mol. The lowest BCUT2D eigenvalue weighted by Crippen LogP contribution is -2.23. The van der Waals surface area contributed by atoms with E-state index in [9.17, 15) is 0 Å². The zero-order valence-electron chi connectivity index (χ0n) is 8.98. The van der Waals surface area contributed by atoms with Crippen molar-refractivity contribution in [2.24, 2.45) is 0 Å². The van der Waals surface area contributed by atoms with Crippen LogP contribution in [0.1, 0.15) is 36.4 Å². The molecule has 2 rings (SSSR count). The van der Waals surface area contributed by atoms with Gasteiger partial charge in [-0.3, -0.25) is 4.90 Å². The van der Waals surface area contributed by atoms with Crippen LogP contribution in [0.2, 0.25) is 0 Å². The standard InChI is InChI=1S/C11H18N2S2/c14-8-10-9-15-11(12-10)7-13-5-3-1-2-4-6-13/h9,14H,1-8H2. The predicted molar refractivity (Wildman–Crippen MR) is 68.5 cm³/mol. The van der Waals surface area contributed by atoms with E-state index in [1.54, 1.807) is 11.3 Å². The fourth-order valence-electron chi connectivity index (χ4n) is 1.98. The van der Waals surface area contributed by atoms with Crippen LogP contribution in [0.5, 0.6) is 0 Å². The van der Waals surface area contributed by atoms with Crippen LogP contribution in [-0.2, 0) is 12.3 Å². The molecule has 0 N–H and O–H groups in total. The second-order valence-electron chi connectivity index (χ2n) is 4.08. The lowest BCUT2D eigenvalue weighted by molar-refractivity contribution is 0.276. The Morgan fingerprint density at radius 2 is 2.00 bits per heavy atom. The summed E-state index contributed by atoms with van der Waals surface area (Å²) in [6.07, 6.45) is 5.50. The Morgan fingerprint density at radius 1 is 1.27 bits per heavy atom. The first-order chi connectivity index (χ1) is 7.38. The minimum atomic E-state index is 0.760. The summed E-state index contributed by atoms with van der Waals surface area (Å²) >= 11 is 6.01. The van der Waals surface area contributed by atoms with Crippen LogP contribution in [0.25, 0.3) is 0 Å². The van der Waals surface area contributed by atoms with Crippen LogP contribution in [0.4, 0.5) is 0 Å². The van der Waals surface area contributed by atoms with Crippen molar-refractivity contribution in [3.05, 3.63) is 16.1 Å². The number of rotatable bonds is 3. The van der Waals surface area contributed by atoms with E-state index in [2.05, 4.69) is 27.9 Å². The normalized spacial score (nSPS) is 19.0. The van der Waals surface area contributed by atoms with Gasteiger partial charge in [0.2, 0.25) is 0 Å². The van der Waals surface area contributed by atoms with Crippen molar-refractivity contribution in [1.82, 2.24) is 9.88 Å². The molecule has 0 bridgehead atoms. The van der Waals surface area contributed by atoms with E-state index in [1.807, 2.05) is 0 Å². The summed E-state index contributed by atoms with van der Waals surface area (Å²) in [5.74, 6) is 0.760. The molecule has 1 aliphatic heterocycles. The maximum atomic E-state index is 4.55. The van der Waals surface area contributed by atoms with Crippen LogP contribution in [0.15, 0.2) is 5.38 Å². The molecular formula is C11H18N2S2. The van der Waals surface area contributed by atoms with Gasteiger partial charge >= 0.3 is 0 Å². The number of thiol groups is 1. The lowest BCUT2D eigenvalue weighted by atomic mass is 10.2. The monoisotopic (exact) mass is 242 g/mol. The van der Waals surface area contributed by atoms with Crippen molar-refractivity contribution in [3.8, 4) is 0 Å². The molecule has 0 spiro atoms. The Balaban J connectivity index is 1.89. The van der Waals surface area contributed by atoms with Gasteiger partial charge in [0.05, 0.1) is 12.2 Å². The van der Waals surface area contributed by atoms with E-state index < -0.39 is 0 Å². The highest BCUT2D eigenvalue weighted by Crippen LogP contribution is 2.16. The average Bonchev–Trinajstić information content (AvgIpc) is 2.54. The fourth-order valence-corrected chi connectivity index (χ4v) is 3.10. The maximum absolute atomic E-state index is 4.55. The number of aromatic nitrogens is 1. The Labute approximate surface area is 101 Å². The highest BCUT2D eigenvalue weighted by atomic mass is 32.1. The summed E-state index contributed by atoms with van der Waals surface area (Å²) in [4.78, 5) is 7.09. The minimum Gasteiger partial charge on any atom is -0.297 e. The zero-order valence-corrected chi connectivity index (χ0v) is 10.7. The van der Waals surface area contributed by atoms with E-state index in [4.69, 9.17) is 0 Å². The van der Waals surface area contributed by atoms with Crippen molar-refractivity contribution >= 4 is 24.0 Å². The van der Waals surface area contributed by atoms with Gasteiger partial charge in [-0.05, 0) is 25.9 Å². The van der Waals surface area contributed by atoms with Crippen molar-refractivity contribution < 1.29 is 0 Å². The molecule has 2 nitrogen and oxygen atoms in total. The molecule has 1 aromatic heterocycles. The van der Waals surface area contributed by atoms with Gasteiger partial charge in [0.25, 0.3) is 0 Å². The Bertz CT molecular complexity index is 291. The van der Waals surface area contributed by atoms with E-state index in [1.165, 1.54) is 43.8 Å². The molecule has 1 fully saturated rings. The molecular weight excluding hydrogens is 224 g/mol. The van der Waals surface area contributed by atoms with Crippen molar-refractivity contribution in [1.29, 1.82) is 0 Å². The maximum Gasteiger partial charge on any atom is 0.107 e. The first kappa shape index (κ1) is 11.4. The number of thiazole rings is 1. The second-order valence-corrected chi connectivity index (χ2v) is 5.34. The summed E-state index contributed by atoms with van der Waals surface area (Å²) in [6, 6.07) is 0. The molecule has 84 valence electrons. The van der Waals surface area contributed by atoms with Gasteiger partial charge in [-0.25, -0.2) is 4.98 Å². The molecule has 0 radical (unpaired) electrons. The van der Waals surface area contributed by atoms with Gasteiger partial charge in [-0.2, -0.15) is 12.6 Å². The molecule has 15 heavy (non-hydrogen) atoms. The van der Waals surface area contributed by atoms with Gasteiger partial charge in [-0.1, -0.05) is 12.8 Å². The smallest absolute Gasteiger partial charge is 0.107 e. The van der Waals surface area contributed by atoms with Crippen molar-refractivity contribution in [2.75, 3.05) is 13.1 Å². The summed E-state index contributed by atoms with van der Waals surface area (Å²) in [5, 5.41) is 3.38. The first-order valence-corrected chi connectivity index (χ1v) is 7.16. The molecule has 0 atom stereocenters. The Hall–Kier alpha value is -0.0600. The number of nitrogens with zero attached hydrogens (tertiary/aromatic N) is 2. The van der Waals surface area contributed by atoms with Gasteiger partial charge in [0.1, 0.15) is 5.01 Å². The van der Waals surface area contributed by atoms with Gasteiger partial charge in [0.15, 0.2) is 0 Å². The first-order valence-electron chi connectivity index (χ1n) is 5.65. The largest absolute Gasteiger partial charge is 0.297 e. The fraction of sp³-hybridized carbons (Fsp3) is 0.727. The van der Waals surface area contributed by atoms with Gasteiger partial charge in [-0.15, -0.1) is 11.3 Å². The van der Waals surface area contributed by atoms with E-state index >= 15 is 0 Å². The van der Waals surface area contributed by atoms with Gasteiger partial charge < -0.3 is 0 Å². The lowest BCUT2D eigenvalue weighted by Gasteiger charge is -2.17. The third-order valence-electron chi connectivity index (χ3n) is 2.82. The number of hydrogen-bond donors (Lipinski definition) is 1. The third kappa shape index (κ3) is 3.47. The summed E-state index contributed by atoms with van der Waals surface area (Å²) in [5.41, 5.74) is 1.12. The summed E-state index contributed by atoms with van der Waals surface area (Å²) in [7, 11) is 0. The van der Waals surface area contributed by atoms with Crippen LogP contribution >= 0.6 is 24.0 Å². The van der Waals surface area contributed by atoms with E-state index in [-0.39, 0.29) is 0 Å². The molecule has 0 aliphatic carbocycles. The molecule has 1 saturated heterocycles. The quantitative estimate of drug-likeness (QED) is 0.820. The summed E-state index contributed by atoms with van der Waals surface area (Å²) in [6.45, 7) is 3.53. The SMILES string of the molecule is SCc1csc(CN2CCCCCC2)n1. The molecule has 2 heterocycles. The number of likely N-dealkylation sites (tertiary alicyclic amines) is 1. The molecule has 0 aromatic carbocycles. The molecule has 0 unspecified atom stereocenters. The number of hydrogen-bond acceptors (Lipinski definition) is 4. The highest BCUT2D eigenvalue weighted by Gasteiger charge is 2.11. The highest BCUT2D eigenvalue weighted by molar-refractivity contribution is 7.79. The van der Waals surface area contributed by atoms with Crippen LogP contribution in [0.3, 0.4) is 0 Å². The Kier molecular flexibility index (Phi) is 4.47. The van der Waals surface area contributed by atoms with Crippen LogP contribution < -0.4 is 0 Å². The molecule has 0 amide bonds. The zero-order chi connectivity index (χ0) is 10.5. The minimum absolute atomic E-state index is 0.760. The van der Waals surface area contributed by atoms with Gasteiger partial charge in [0, 0.05) is 11.1 Å². The van der Waals surface area contributed by atoms with Crippen LogP contribution in [-0.4, -0.2) is 23.0 Å². The Morgan fingerprint density at radius 3 is 2.60 bits per heavy atom. The van der Waals surface area contributed by atoms with E-state index in [0.717, 1.165) is 18.0 Å². The summed E-state index contributed by atoms with van der Waals surface area (Å²) < 4.78 is 0. The predicted octanol–water partition coefficient (Wildman–Crippen LogP) is 2.95. The molecule has 0 saturated carbocycles. The molecule has 1 aromatic rings. The molecule has 1 aliphatic rings. The topological polar surface area (TPSA) is 16.1 Å². The van der Waals surface area contributed by atoms with E-state index in [0.29, 0.717) is 0 Å².